The van der Waals surface area contributed by atoms with Crippen LogP contribution in [0.2, 0.25) is 0 Å². The third-order valence-corrected chi connectivity index (χ3v) is 6.55. The standard InChI is InChI=1S/C20H14F5NO3.2ClH.Ru/c1-8(2)17-20(28)26(10-7-5-6-9(3)18(10)29(17)4)19(27)11-12(21)14(23)16(25)15(24)13(11)22;;;/h3,5-8,17H,4H2,1-2H3;2*1H;/q;;;+2/p-2. The van der Waals surface area contributed by atoms with Crippen molar-refractivity contribution in [2.75, 3.05) is 4.90 Å². The van der Waals surface area contributed by atoms with E-state index >= 15 is 0 Å². The summed E-state index contributed by atoms with van der Waals surface area (Å²) in [6.45, 7) is 3.24. The van der Waals surface area contributed by atoms with Crippen molar-refractivity contribution >= 4 is 41.5 Å². The van der Waals surface area contributed by atoms with Crippen molar-refractivity contribution in [2.24, 2.45) is 5.92 Å². The van der Waals surface area contributed by atoms with Gasteiger partial charge in [-0.15, -0.1) is 0 Å². The molecule has 0 spiro atoms. The predicted molar refractivity (Wildman–Crippen MR) is 106 cm³/mol. The van der Waals surface area contributed by atoms with Crippen LogP contribution in [-0.4, -0.2) is 22.5 Å². The van der Waals surface area contributed by atoms with Gasteiger partial charge >= 0.3 is 193 Å². The molecule has 174 valence electrons. The van der Waals surface area contributed by atoms with Gasteiger partial charge in [-0.3, -0.25) is 0 Å². The molecule has 0 bridgehead atoms. The van der Waals surface area contributed by atoms with Gasteiger partial charge in [-0.25, -0.2) is 0 Å². The number of benzene rings is 2. The Balaban J connectivity index is 2.33. The molecule has 1 atom stereocenters. The fourth-order valence-corrected chi connectivity index (χ4v) is 5.18. The Morgan fingerprint density at radius 2 is 1.62 bits per heavy atom. The van der Waals surface area contributed by atoms with Crippen molar-refractivity contribution in [1.29, 1.82) is 0 Å². The van der Waals surface area contributed by atoms with E-state index in [1.165, 1.54) is 16.7 Å². The van der Waals surface area contributed by atoms with Gasteiger partial charge in [-0.1, -0.05) is 0 Å². The first kappa shape index (κ1) is 24.7. The molecule has 0 aromatic heterocycles. The van der Waals surface area contributed by atoms with E-state index in [9.17, 15) is 31.5 Å². The summed E-state index contributed by atoms with van der Waals surface area (Å²) in [4.78, 5) is 26.7. The van der Waals surface area contributed by atoms with Gasteiger partial charge in [0.05, 0.1) is 0 Å². The summed E-state index contributed by atoms with van der Waals surface area (Å²) in [6, 6.07) is 4.23. The summed E-state index contributed by atoms with van der Waals surface area (Å²) < 4.78 is 73.4. The second kappa shape index (κ2) is 9.16. The number of amides is 2. The number of imide groups is 1. The summed E-state index contributed by atoms with van der Waals surface area (Å²) >= 11 is -2.42. The zero-order valence-electron chi connectivity index (χ0n) is 16.3. The fourth-order valence-electron chi connectivity index (χ4n) is 3.39. The van der Waals surface area contributed by atoms with E-state index in [4.69, 9.17) is 19.4 Å². The molecular formula is C20H14Cl2F5NO3Ru. The number of para-hydroxylation sites is 1. The number of carbonyl (C=O) groups excluding carboxylic acids is 2. The summed E-state index contributed by atoms with van der Waals surface area (Å²) in [5.41, 5.74) is -1.58. The van der Waals surface area contributed by atoms with Crippen LogP contribution in [0.5, 0.6) is 5.75 Å². The summed E-state index contributed by atoms with van der Waals surface area (Å²) in [5, 5.41) is 0. The van der Waals surface area contributed by atoms with Gasteiger partial charge in [0.15, 0.2) is 0 Å². The van der Waals surface area contributed by atoms with Crippen LogP contribution in [0.1, 0.15) is 29.8 Å². The third-order valence-electron chi connectivity index (χ3n) is 4.72. The Morgan fingerprint density at radius 3 is 2.12 bits per heavy atom. The first-order valence-electron chi connectivity index (χ1n) is 8.78. The van der Waals surface area contributed by atoms with Crippen LogP contribution in [-0.2, 0) is 22.7 Å². The number of carbonyl (C=O) groups is 2. The average molecular weight is 583 g/mol. The Bertz CT molecular complexity index is 1140. The van der Waals surface area contributed by atoms with Crippen LogP contribution < -0.4 is 4.90 Å². The quantitative estimate of drug-likeness (QED) is 0.0882. The molecule has 0 radical (unpaired) electrons. The second-order valence-electron chi connectivity index (χ2n) is 7.02. The van der Waals surface area contributed by atoms with Gasteiger partial charge in [0.2, 0.25) is 0 Å². The normalized spacial score (nSPS) is 16.4. The van der Waals surface area contributed by atoms with Crippen molar-refractivity contribution in [1.82, 2.24) is 0 Å². The molecule has 1 aliphatic rings. The molecule has 1 heterocycles. The molecule has 0 fully saturated rings. The maximum absolute atomic E-state index is 14.4. The molecule has 0 saturated carbocycles. The number of hydrogen-bond acceptors (Lipinski definition) is 2. The first-order valence-corrected chi connectivity index (χ1v) is 14.3. The molecule has 2 amide bonds. The summed E-state index contributed by atoms with van der Waals surface area (Å²) in [5.74, 6) is -14.8. The molecular weight excluding hydrogens is 569 g/mol. The maximum atomic E-state index is 14.4. The van der Waals surface area contributed by atoms with Crippen LogP contribution in [0.25, 0.3) is 0 Å². The van der Waals surface area contributed by atoms with E-state index in [0.29, 0.717) is 10.5 Å². The van der Waals surface area contributed by atoms with Crippen LogP contribution >= 0.6 is 19.4 Å². The zero-order valence-corrected chi connectivity index (χ0v) is 19.6. The van der Waals surface area contributed by atoms with Gasteiger partial charge in [-0.2, -0.15) is 0 Å². The van der Waals surface area contributed by atoms with E-state index in [0.717, 1.165) is 0 Å². The Hall–Kier alpha value is -1.90. The van der Waals surface area contributed by atoms with Gasteiger partial charge in [-0.05, 0) is 0 Å². The SMILES string of the molecule is [CH2-][O+]1c2c([CH]=[Ru]([Cl])[Cl])cccc2N(C(=O)c2c(F)c(F)c(F)c(F)c2F)C(=O)C1C(C)C. The molecule has 3 rings (SSSR count). The number of halogens is 7. The van der Waals surface area contributed by atoms with Gasteiger partial charge in [0.1, 0.15) is 0 Å². The third kappa shape index (κ3) is 3.97. The van der Waals surface area contributed by atoms with Gasteiger partial charge in [0, 0.05) is 0 Å². The van der Waals surface area contributed by atoms with Gasteiger partial charge < -0.3 is 0 Å². The number of nitrogens with zero attached hydrogens (tertiary/aromatic N) is 1. The van der Waals surface area contributed by atoms with Crippen LogP contribution in [0.15, 0.2) is 18.2 Å². The summed E-state index contributed by atoms with van der Waals surface area (Å²) in [7, 11) is 15.7. The number of anilines is 1. The number of hydrogen-bond donors (Lipinski definition) is 0. The Kier molecular flexibility index (Phi) is 7.08. The monoisotopic (exact) mass is 583 g/mol. The molecule has 4 nitrogen and oxygen atoms in total. The molecule has 1 aliphatic heterocycles. The molecule has 2 aromatic carbocycles. The summed E-state index contributed by atoms with van der Waals surface area (Å²) in [6.07, 6.45) is -1.17. The van der Waals surface area contributed by atoms with Crippen LogP contribution in [0, 0.1) is 42.1 Å². The van der Waals surface area contributed by atoms with E-state index < -0.39 is 72.0 Å². The topological polar surface area (TPSA) is 40.1 Å². The van der Waals surface area contributed by atoms with Crippen molar-refractivity contribution in [3.8, 4) is 5.75 Å². The molecule has 12 heteroatoms. The van der Waals surface area contributed by atoms with E-state index in [1.807, 2.05) is 0 Å². The van der Waals surface area contributed by atoms with E-state index in [-0.39, 0.29) is 11.4 Å². The fraction of sp³-hybridized carbons (Fsp3) is 0.200. The van der Waals surface area contributed by atoms with Crippen LogP contribution in [0.4, 0.5) is 27.6 Å². The second-order valence-corrected chi connectivity index (χ2v) is 12.7. The van der Waals surface area contributed by atoms with E-state index in [1.54, 1.807) is 19.9 Å². The Labute approximate surface area is 192 Å². The van der Waals surface area contributed by atoms with Crippen molar-refractivity contribution in [3.05, 3.63) is 65.5 Å². The molecule has 1 unspecified atom stereocenters. The predicted octanol–water partition coefficient (Wildman–Crippen LogP) is 5.73. The van der Waals surface area contributed by atoms with Crippen LogP contribution in [0.3, 0.4) is 0 Å². The zero-order chi connectivity index (χ0) is 24.1. The number of fused-ring (bicyclic) bond motifs is 1. The van der Waals surface area contributed by atoms with Crippen molar-refractivity contribution in [3.63, 3.8) is 0 Å². The van der Waals surface area contributed by atoms with E-state index in [2.05, 4.69) is 11.5 Å². The minimum atomic E-state index is -2.42. The minimum absolute atomic E-state index is 0.114. The molecule has 2 aromatic rings. The average Bonchev–Trinajstić information content (AvgIpc) is 2.70. The molecule has 32 heavy (non-hydrogen) atoms. The van der Waals surface area contributed by atoms with Crippen molar-refractivity contribution in [2.45, 2.75) is 20.0 Å². The molecule has 0 N–H and O–H groups in total. The molecule has 0 aliphatic carbocycles. The Morgan fingerprint density at radius 1 is 1.09 bits per heavy atom. The first-order chi connectivity index (χ1) is 14.9. The number of rotatable bonds is 3. The molecule has 0 saturated heterocycles. The van der Waals surface area contributed by atoms with Crippen molar-refractivity contribution < 1.29 is 49.4 Å². The van der Waals surface area contributed by atoms with Gasteiger partial charge in [0.25, 0.3) is 0 Å².